The van der Waals surface area contributed by atoms with Crippen LogP contribution in [-0.2, 0) is 16.1 Å². The molecule has 1 fully saturated rings. The maximum absolute atomic E-state index is 12.8. The maximum atomic E-state index is 12.8. The summed E-state index contributed by atoms with van der Waals surface area (Å²) in [6, 6.07) is 7.41. The minimum atomic E-state index is -0.246. The Morgan fingerprint density at radius 2 is 1.96 bits per heavy atom. The van der Waals surface area contributed by atoms with Crippen LogP contribution in [0.4, 0.5) is 0 Å². The van der Waals surface area contributed by atoms with Gasteiger partial charge in [0.15, 0.2) is 0 Å². The summed E-state index contributed by atoms with van der Waals surface area (Å²) in [4.78, 5) is 38.6. The molecule has 0 radical (unpaired) electrons. The molecule has 0 unspecified atom stereocenters. The number of aryl methyl sites for hydroxylation is 1. The van der Waals surface area contributed by atoms with E-state index in [9.17, 15) is 14.4 Å². The molecule has 1 aliphatic rings. The normalized spacial score (nSPS) is 19.9. The van der Waals surface area contributed by atoms with Gasteiger partial charge in [-0.3, -0.25) is 14.4 Å². The molecule has 2 heterocycles. The Morgan fingerprint density at radius 3 is 2.63 bits per heavy atom. The van der Waals surface area contributed by atoms with Gasteiger partial charge >= 0.3 is 0 Å². The van der Waals surface area contributed by atoms with Gasteiger partial charge in [-0.2, -0.15) is 5.10 Å². The second kappa shape index (κ2) is 7.90. The zero-order valence-corrected chi connectivity index (χ0v) is 16.1. The molecule has 2 atom stereocenters. The summed E-state index contributed by atoms with van der Waals surface area (Å²) < 4.78 is 1.26. The molecule has 2 amide bonds. The van der Waals surface area contributed by atoms with Gasteiger partial charge in [-0.25, -0.2) is 4.68 Å². The third kappa shape index (κ3) is 4.02. The van der Waals surface area contributed by atoms with Crippen molar-refractivity contribution in [1.29, 1.82) is 0 Å². The molecule has 1 saturated heterocycles. The second-order valence-corrected chi connectivity index (χ2v) is 7.20. The van der Waals surface area contributed by atoms with E-state index in [2.05, 4.69) is 17.3 Å². The first-order valence-corrected chi connectivity index (χ1v) is 9.42. The molecule has 1 N–H and O–H groups in total. The SMILES string of the molecule is CC[C@@H]1CN(C(=O)Cn2nc(C)c3ccccc3c2=O)CC[C@@H]1NC(C)=O. The van der Waals surface area contributed by atoms with Crippen LogP contribution in [0.25, 0.3) is 10.8 Å². The van der Waals surface area contributed by atoms with Crippen LogP contribution in [0.5, 0.6) is 0 Å². The molecular weight excluding hydrogens is 344 g/mol. The standard InChI is InChI=1S/C20H26N4O3/c1-4-15-11-23(10-9-18(15)21-14(3)25)19(26)12-24-20(27)17-8-6-5-7-16(17)13(2)22-24/h5-8,15,18H,4,9-12H2,1-3H3,(H,21,25)/t15-,18+/m1/s1. The molecule has 144 valence electrons. The number of carbonyl (C=O) groups is 2. The molecular formula is C20H26N4O3. The summed E-state index contributed by atoms with van der Waals surface area (Å²) in [5, 5.41) is 8.70. The molecule has 0 spiro atoms. The Hall–Kier alpha value is -2.70. The Morgan fingerprint density at radius 1 is 1.26 bits per heavy atom. The molecule has 2 aromatic rings. The zero-order chi connectivity index (χ0) is 19.6. The average Bonchev–Trinajstić information content (AvgIpc) is 2.65. The Labute approximate surface area is 158 Å². The Balaban J connectivity index is 1.76. The van der Waals surface area contributed by atoms with E-state index < -0.39 is 0 Å². The van der Waals surface area contributed by atoms with Crippen LogP contribution in [0.1, 0.15) is 32.4 Å². The lowest BCUT2D eigenvalue weighted by molar-refractivity contribution is -0.134. The number of nitrogens with zero attached hydrogens (tertiary/aromatic N) is 3. The van der Waals surface area contributed by atoms with Crippen molar-refractivity contribution < 1.29 is 9.59 Å². The number of rotatable bonds is 4. The topological polar surface area (TPSA) is 84.3 Å². The van der Waals surface area contributed by atoms with Gasteiger partial charge in [0, 0.05) is 31.4 Å². The number of likely N-dealkylation sites (tertiary alicyclic amines) is 1. The van der Waals surface area contributed by atoms with Gasteiger partial charge in [0.05, 0.1) is 11.1 Å². The first-order chi connectivity index (χ1) is 12.9. The van der Waals surface area contributed by atoms with Crippen LogP contribution in [0, 0.1) is 12.8 Å². The van der Waals surface area contributed by atoms with Crippen LogP contribution >= 0.6 is 0 Å². The summed E-state index contributed by atoms with van der Waals surface area (Å²) >= 11 is 0. The number of benzene rings is 1. The molecule has 0 saturated carbocycles. The molecule has 1 aromatic heterocycles. The molecule has 1 aromatic carbocycles. The molecule has 1 aliphatic heterocycles. The zero-order valence-electron chi connectivity index (χ0n) is 16.1. The number of piperidine rings is 1. The predicted octanol–water partition coefficient (Wildman–Crippen LogP) is 1.47. The van der Waals surface area contributed by atoms with Gasteiger partial charge in [0.2, 0.25) is 11.8 Å². The quantitative estimate of drug-likeness (QED) is 0.883. The van der Waals surface area contributed by atoms with Gasteiger partial charge in [0.25, 0.3) is 5.56 Å². The number of hydrogen-bond acceptors (Lipinski definition) is 4. The lowest BCUT2D eigenvalue weighted by Gasteiger charge is -2.38. The van der Waals surface area contributed by atoms with Crippen LogP contribution < -0.4 is 10.9 Å². The van der Waals surface area contributed by atoms with Gasteiger partial charge in [-0.05, 0) is 31.7 Å². The number of aromatic nitrogens is 2. The molecule has 3 rings (SSSR count). The van der Waals surface area contributed by atoms with Crippen molar-refractivity contribution in [2.24, 2.45) is 5.92 Å². The van der Waals surface area contributed by atoms with Crippen molar-refractivity contribution in [1.82, 2.24) is 20.0 Å². The van der Waals surface area contributed by atoms with E-state index in [1.165, 1.54) is 11.6 Å². The summed E-state index contributed by atoms with van der Waals surface area (Å²) in [6.45, 7) is 6.51. The highest BCUT2D eigenvalue weighted by Crippen LogP contribution is 2.21. The Kier molecular flexibility index (Phi) is 5.58. The third-order valence-electron chi connectivity index (χ3n) is 5.34. The van der Waals surface area contributed by atoms with Crippen molar-refractivity contribution in [3.05, 3.63) is 40.3 Å². The lowest BCUT2D eigenvalue weighted by atomic mass is 9.90. The smallest absolute Gasteiger partial charge is 0.275 e. The van der Waals surface area contributed by atoms with Gasteiger partial charge in [-0.15, -0.1) is 0 Å². The predicted molar refractivity (Wildman–Crippen MR) is 103 cm³/mol. The van der Waals surface area contributed by atoms with E-state index in [-0.39, 0.29) is 35.9 Å². The first-order valence-electron chi connectivity index (χ1n) is 9.42. The molecule has 7 heteroatoms. The minimum absolute atomic E-state index is 0.0411. The number of carbonyl (C=O) groups excluding carboxylic acids is 2. The summed E-state index contributed by atoms with van der Waals surface area (Å²) in [5.74, 6) is 0.0641. The molecule has 7 nitrogen and oxygen atoms in total. The van der Waals surface area contributed by atoms with Crippen molar-refractivity contribution in [2.45, 2.75) is 46.2 Å². The van der Waals surface area contributed by atoms with Crippen molar-refractivity contribution >= 4 is 22.6 Å². The number of hydrogen-bond donors (Lipinski definition) is 1. The number of amides is 2. The highest BCUT2D eigenvalue weighted by molar-refractivity contribution is 5.83. The van der Waals surface area contributed by atoms with Gasteiger partial charge in [-0.1, -0.05) is 25.1 Å². The summed E-state index contributed by atoms with van der Waals surface area (Å²) in [6.07, 6.45) is 1.60. The van der Waals surface area contributed by atoms with E-state index in [0.29, 0.717) is 18.5 Å². The summed E-state index contributed by atoms with van der Waals surface area (Å²) in [5.41, 5.74) is 0.485. The Bertz CT molecular complexity index is 921. The van der Waals surface area contributed by atoms with Crippen LogP contribution in [-0.4, -0.2) is 45.6 Å². The third-order valence-corrected chi connectivity index (χ3v) is 5.34. The minimum Gasteiger partial charge on any atom is -0.353 e. The fraction of sp³-hybridized carbons (Fsp3) is 0.500. The number of nitrogens with one attached hydrogen (secondary N) is 1. The first kappa shape index (κ1) is 19.1. The van der Waals surface area contributed by atoms with Crippen molar-refractivity contribution in [3.63, 3.8) is 0 Å². The van der Waals surface area contributed by atoms with Crippen molar-refractivity contribution in [2.75, 3.05) is 13.1 Å². The molecule has 27 heavy (non-hydrogen) atoms. The highest BCUT2D eigenvalue weighted by atomic mass is 16.2. The van der Waals surface area contributed by atoms with Gasteiger partial charge < -0.3 is 10.2 Å². The number of fused-ring (bicyclic) bond motifs is 1. The van der Waals surface area contributed by atoms with Crippen molar-refractivity contribution in [3.8, 4) is 0 Å². The molecule has 0 bridgehead atoms. The van der Waals surface area contributed by atoms with Crippen LogP contribution in [0.15, 0.2) is 29.1 Å². The fourth-order valence-corrected chi connectivity index (χ4v) is 3.86. The second-order valence-electron chi connectivity index (χ2n) is 7.20. The van der Waals surface area contributed by atoms with Crippen LogP contribution in [0.3, 0.4) is 0 Å². The summed E-state index contributed by atoms with van der Waals surface area (Å²) in [7, 11) is 0. The van der Waals surface area contributed by atoms with E-state index in [1.807, 2.05) is 25.1 Å². The highest BCUT2D eigenvalue weighted by Gasteiger charge is 2.31. The van der Waals surface area contributed by atoms with E-state index in [1.54, 1.807) is 11.0 Å². The van der Waals surface area contributed by atoms with E-state index >= 15 is 0 Å². The van der Waals surface area contributed by atoms with Crippen LogP contribution in [0.2, 0.25) is 0 Å². The molecule has 0 aliphatic carbocycles. The van der Waals surface area contributed by atoms with E-state index in [4.69, 9.17) is 0 Å². The lowest BCUT2D eigenvalue weighted by Crippen LogP contribution is -2.52. The van der Waals surface area contributed by atoms with Gasteiger partial charge in [0.1, 0.15) is 6.54 Å². The monoisotopic (exact) mass is 370 g/mol. The largest absolute Gasteiger partial charge is 0.353 e. The maximum Gasteiger partial charge on any atom is 0.275 e. The average molecular weight is 370 g/mol. The van der Waals surface area contributed by atoms with E-state index in [0.717, 1.165) is 23.9 Å². The fourth-order valence-electron chi connectivity index (χ4n) is 3.86.